The smallest absolute Gasteiger partial charge is 0.328 e. The van der Waals surface area contributed by atoms with Gasteiger partial charge in [0.2, 0.25) is 0 Å². The van der Waals surface area contributed by atoms with E-state index in [1.165, 1.54) is 32.2 Å². The maximum Gasteiger partial charge on any atom is 0.328 e. The van der Waals surface area contributed by atoms with Crippen LogP contribution < -0.4 is 15.2 Å². The molecule has 0 aliphatic rings. The van der Waals surface area contributed by atoms with Crippen LogP contribution in [-0.4, -0.2) is 24.2 Å². The lowest BCUT2D eigenvalue weighted by atomic mass is 10.3. The van der Waals surface area contributed by atoms with Crippen molar-refractivity contribution in [2.75, 3.05) is 7.11 Å². The summed E-state index contributed by atoms with van der Waals surface area (Å²) in [6.07, 6.45) is 0. The SMILES string of the molecule is COc1cc(OC(=O)[C@H](C)N)ccc1O. The Labute approximate surface area is 87.4 Å². The zero-order chi connectivity index (χ0) is 11.4. The molecule has 0 aliphatic carbocycles. The minimum Gasteiger partial charge on any atom is -0.504 e. The lowest BCUT2D eigenvalue weighted by Gasteiger charge is -2.08. The number of hydrogen-bond acceptors (Lipinski definition) is 5. The predicted molar refractivity (Wildman–Crippen MR) is 53.9 cm³/mol. The molecule has 5 nitrogen and oxygen atoms in total. The average molecular weight is 211 g/mol. The molecule has 15 heavy (non-hydrogen) atoms. The number of rotatable bonds is 3. The van der Waals surface area contributed by atoms with Crippen molar-refractivity contribution in [1.82, 2.24) is 0 Å². The van der Waals surface area contributed by atoms with E-state index in [4.69, 9.17) is 15.2 Å². The Morgan fingerprint density at radius 1 is 1.53 bits per heavy atom. The van der Waals surface area contributed by atoms with Gasteiger partial charge in [-0.2, -0.15) is 0 Å². The molecule has 0 fully saturated rings. The summed E-state index contributed by atoms with van der Waals surface area (Å²) < 4.78 is 9.77. The van der Waals surface area contributed by atoms with Gasteiger partial charge in [-0.15, -0.1) is 0 Å². The molecule has 0 heterocycles. The molecular formula is C10H13NO4. The van der Waals surface area contributed by atoms with E-state index in [0.29, 0.717) is 0 Å². The van der Waals surface area contributed by atoms with Gasteiger partial charge < -0.3 is 20.3 Å². The molecular weight excluding hydrogens is 198 g/mol. The minimum atomic E-state index is -0.690. The Bertz CT molecular complexity index is 362. The van der Waals surface area contributed by atoms with E-state index < -0.39 is 12.0 Å². The highest BCUT2D eigenvalue weighted by atomic mass is 16.5. The third kappa shape index (κ3) is 2.85. The summed E-state index contributed by atoms with van der Waals surface area (Å²) in [6.45, 7) is 1.53. The summed E-state index contributed by atoms with van der Waals surface area (Å²) in [5, 5.41) is 9.29. The summed E-state index contributed by atoms with van der Waals surface area (Å²) in [4.78, 5) is 11.1. The summed E-state index contributed by atoms with van der Waals surface area (Å²) in [5.41, 5.74) is 5.33. The normalized spacial score (nSPS) is 11.9. The first kappa shape index (κ1) is 11.3. The van der Waals surface area contributed by atoms with Crippen molar-refractivity contribution in [2.45, 2.75) is 13.0 Å². The van der Waals surface area contributed by atoms with Crippen LogP contribution in [0.4, 0.5) is 0 Å². The number of hydrogen-bond donors (Lipinski definition) is 2. The Hall–Kier alpha value is -1.75. The quantitative estimate of drug-likeness (QED) is 0.566. The lowest BCUT2D eigenvalue weighted by Crippen LogP contribution is -2.30. The van der Waals surface area contributed by atoms with Gasteiger partial charge in [-0.25, -0.2) is 4.79 Å². The maximum atomic E-state index is 11.1. The molecule has 1 atom stereocenters. The van der Waals surface area contributed by atoms with E-state index >= 15 is 0 Å². The van der Waals surface area contributed by atoms with Gasteiger partial charge in [0.05, 0.1) is 7.11 Å². The highest BCUT2D eigenvalue weighted by Gasteiger charge is 2.11. The molecule has 1 aromatic rings. The molecule has 1 rings (SSSR count). The zero-order valence-corrected chi connectivity index (χ0v) is 8.56. The number of esters is 1. The molecule has 0 radical (unpaired) electrons. The number of aromatic hydroxyl groups is 1. The van der Waals surface area contributed by atoms with Gasteiger partial charge in [0.1, 0.15) is 11.8 Å². The van der Waals surface area contributed by atoms with Crippen LogP contribution in [0.25, 0.3) is 0 Å². The van der Waals surface area contributed by atoms with E-state index in [1.54, 1.807) is 0 Å². The second-order valence-corrected chi connectivity index (χ2v) is 3.04. The largest absolute Gasteiger partial charge is 0.504 e. The van der Waals surface area contributed by atoms with Crippen molar-refractivity contribution in [3.63, 3.8) is 0 Å². The second-order valence-electron chi connectivity index (χ2n) is 3.04. The maximum absolute atomic E-state index is 11.1. The fourth-order valence-corrected chi connectivity index (χ4v) is 0.931. The van der Waals surface area contributed by atoms with Gasteiger partial charge in [-0.1, -0.05) is 0 Å². The predicted octanol–water partition coefficient (Wildman–Crippen LogP) is 0.653. The van der Waals surface area contributed by atoms with Crippen LogP contribution in [0.15, 0.2) is 18.2 Å². The van der Waals surface area contributed by atoms with Gasteiger partial charge in [0, 0.05) is 6.07 Å². The lowest BCUT2D eigenvalue weighted by molar-refractivity contribution is -0.135. The van der Waals surface area contributed by atoms with Crippen molar-refractivity contribution in [3.05, 3.63) is 18.2 Å². The first-order valence-corrected chi connectivity index (χ1v) is 4.39. The molecule has 0 bridgehead atoms. The van der Waals surface area contributed by atoms with Crippen molar-refractivity contribution in [3.8, 4) is 17.2 Å². The summed E-state index contributed by atoms with van der Waals surface area (Å²) >= 11 is 0. The molecule has 0 aromatic heterocycles. The van der Waals surface area contributed by atoms with E-state index in [1.807, 2.05) is 0 Å². The van der Waals surface area contributed by atoms with E-state index in [2.05, 4.69) is 0 Å². The number of methoxy groups -OCH3 is 1. The molecule has 82 valence electrons. The Kier molecular flexibility index (Phi) is 3.51. The van der Waals surface area contributed by atoms with Crippen molar-refractivity contribution in [1.29, 1.82) is 0 Å². The van der Waals surface area contributed by atoms with E-state index in [-0.39, 0.29) is 17.2 Å². The minimum absolute atomic E-state index is 0.0157. The molecule has 5 heteroatoms. The standard InChI is InChI=1S/C10H13NO4/c1-6(11)10(13)15-7-3-4-8(12)9(5-7)14-2/h3-6,12H,11H2,1-2H3/t6-/m0/s1. The highest BCUT2D eigenvalue weighted by molar-refractivity contribution is 5.77. The fraction of sp³-hybridized carbons (Fsp3) is 0.300. The second kappa shape index (κ2) is 4.65. The number of phenolic OH excluding ortho intramolecular Hbond substituents is 1. The first-order valence-electron chi connectivity index (χ1n) is 4.39. The number of carbonyl (C=O) groups is 1. The third-order valence-corrected chi connectivity index (χ3v) is 1.74. The van der Waals surface area contributed by atoms with Crippen molar-refractivity contribution < 1.29 is 19.4 Å². The molecule has 0 aliphatic heterocycles. The first-order chi connectivity index (χ1) is 7.04. The summed E-state index contributed by atoms with van der Waals surface area (Å²) in [7, 11) is 1.41. The van der Waals surface area contributed by atoms with Crippen LogP contribution in [0.5, 0.6) is 17.2 Å². The third-order valence-electron chi connectivity index (χ3n) is 1.74. The molecule has 3 N–H and O–H groups in total. The monoisotopic (exact) mass is 211 g/mol. The number of ether oxygens (including phenoxy) is 2. The Morgan fingerprint density at radius 3 is 2.73 bits per heavy atom. The Balaban J connectivity index is 2.83. The van der Waals surface area contributed by atoms with Crippen LogP contribution in [0.1, 0.15) is 6.92 Å². The molecule has 0 saturated heterocycles. The number of nitrogens with two attached hydrogens (primary N) is 1. The molecule has 0 saturated carbocycles. The number of carbonyl (C=O) groups excluding carboxylic acids is 1. The Morgan fingerprint density at radius 2 is 2.20 bits per heavy atom. The molecule has 0 amide bonds. The average Bonchev–Trinajstić information content (AvgIpc) is 2.20. The molecule has 0 spiro atoms. The zero-order valence-electron chi connectivity index (χ0n) is 8.56. The van der Waals surface area contributed by atoms with Crippen LogP contribution in [0.3, 0.4) is 0 Å². The van der Waals surface area contributed by atoms with E-state index in [9.17, 15) is 9.90 Å². The van der Waals surface area contributed by atoms with Gasteiger partial charge in [0.15, 0.2) is 11.5 Å². The van der Waals surface area contributed by atoms with Crippen molar-refractivity contribution >= 4 is 5.97 Å². The fourth-order valence-electron chi connectivity index (χ4n) is 0.931. The molecule has 0 unspecified atom stereocenters. The van der Waals surface area contributed by atoms with Crippen molar-refractivity contribution in [2.24, 2.45) is 5.73 Å². The van der Waals surface area contributed by atoms with Crippen LogP contribution in [0, 0.1) is 0 Å². The van der Waals surface area contributed by atoms with Crippen LogP contribution in [0.2, 0.25) is 0 Å². The van der Waals surface area contributed by atoms with Crippen LogP contribution >= 0.6 is 0 Å². The van der Waals surface area contributed by atoms with E-state index in [0.717, 1.165) is 0 Å². The van der Waals surface area contributed by atoms with Gasteiger partial charge in [0.25, 0.3) is 0 Å². The number of phenols is 1. The van der Waals surface area contributed by atoms with Gasteiger partial charge in [-0.3, -0.25) is 0 Å². The topological polar surface area (TPSA) is 81.8 Å². The van der Waals surface area contributed by atoms with Crippen LogP contribution in [-0.2, 0) is 4.79 Å². The number of benzene rings is 1. The summed E-state index contributed by atoms with van der Waals surface area (Å²) in [6, 6.07) is 3.56. The highest BCUT2D eigenvalue weighted by Crippen LogP contribution is 2.29. The van der Waals surface area contributed by atoms with Gasteiger partial charge >= 0.3 is 5.97 Å². The summed E-state index contributed by atoms with van der Waals surface area (Å²) in [5.74, 6) is -0.0298. The van der Waals surface area contributed by atoms with Gasteiger partial charge in [-0.05, 0) is 19.1 Å². The molecule has 1 aromatic carbocycles.